The quantitative estimate of drug-likeness (QED) is 0.128. The minimum absolute atomic E-state index is 0.146. The molecule has 11 heteroatoms. The van der Waals surface area contributed by atoms with Gasteiger partial charge in [-0.05, 0) is 81.6 Å². The standard InChI is InChI=1S/C30H40F5NO4S/c1-28(22-9-11-23(37)12-10-22)21-40-27-20-24(38)13-14-25(27)26(28)8-3-4-16-36(2)17-5-6-18-41(39)19-7-15-29(31,32)30(33,34)35/h9-14,20,26,37-38H,3-8,15-19,21H2,1-2H3. The summed E-state index contributed by atoms with van der Waals surface area (Å²) in [5.41, 5.74) is 1.80. The maximum absolute atomic E-state index is 13.0. The van der Waals surface area contributed by atoms with Crippen molar-refractivity contribution in [2.24, 2.45) is 0 Å². The Kier molecular flexibility index (Phi) is 11.6. The van der Waals surface area contributed by atoms with Crippen LogP contribution in [0.25, 0.3) is 0 Å². The summed E-state index contributed by atoms with van der Waals surface area (Å²) >= 11 is -1.41. The van der Waals surface area contributed by atoms with Gasteiger partial charge in [-0.1, -0.05) is 42.7 Å². The van der Waals surface area contributed by atoms with E-state index in [0.717, 1.165) is 49.9 Å². The molecule has 230 valence electrons. The van der Waals surface area contributed by atoms with E-state index in [-0.39, 0.29) is 28.6 Å². The van der Waals surface area contributed by atoms with Gasteiger partial charge in [-0.2, -0.15) is 22.0 Å². The van der Waals surface area contributed by atoms with E-state index in [9.17, 15) is 36.7 Å². The van der Waals surface area contributed by atoms with Gasteiger partial charge in [0.25, 0.3) is 0 Å². The maximum Gasteiger partial charge on any atom is 0.453 e. The summed E-state index contributed by atoms with van der Waals surface area (Å²) in [7, 11) is 2.00. The summed E-state index contributed by atoms with van der Waals surface area (Å²) in [6.07, 6.45) is -3.14. The Morgan fingerprint density at radius 2 is 1.54 bits per heavy atom. The molecule has 3 unspecified atom stereocenters. The van der Waals surface area contributed by atoms with Crippen LogP contribution in [0.5, 0.6) is 17.2 Å². The molecule has 0 bridgehead atoms. The monoisotopic (exact) mass is 605 g/mol. The molecule has 3 atom stereocenters. The Labute approximate surface area is 241 Å². The number of halogens is 5. The first kappa shape index (κ1) is 33.3. The Bertz CT molecular complexity index is 1100. The third kappa shape index (κ3) is 9.12. The number of unbranched alkanes of at least 4 members (excludes halogenated alkanes) is 2. The Morgan fingerprint density at radius 3 is 2.20 bits per heavy atom. The lowest BCUT2D eigenvalue weighted by Crippen LogP contribution is -2.40. The smallest absolute Gasteiger partial charge is 0.453 e. The van der Waals surface area contributed by atoms with Crippen molar-refractivity contribution < 1.29 is 41.5 Å². The van der Waals surface area contributed by atoms with Crippen LogP contribution in [0.1, 0.15) is 68.9 Å². The fourth-order valence-electron chi connectivity index (χ4n) is 5.39. The van der Waals surface area contributed by atoms with E-state index < -0.39 is 36.1 Å². The van der Waals surface area contributed by atoms with E-state index >= 15 is 0 Å². The molecule has 0 amide bonds. The summed E-state index contributed by atoms with van der Waals surface area (Å²) in [4.78, 5) is 2.18. The number of aromatic hydroxyl groups is 2. The summed E-state index contributed by atoms with van der Waals surface area (Å²) in [5.74, 6) is -3.40. The second-order valence-corrected chi connectivity index (χ2v) is 12.9. The van der Waals surface area contributed by atoms with E-state index in [0.29, 0.717) is 24.5 Å². The molecule has 0 aliphatic carbocycles. The number of phenolic OH excluding ortho intramolecular Hbond substituents is 2. The van der Waals surface area contributed by atoms with Gasteiger partial charge in [-0.25, -0.2) is 0 Å². The molecule has 2 N–H and O–H groups in total. The van der Waals surface area contributed by atoms with E-state index in [1.54, 1.807) is 24.3 Å². The normalized spacial score (nSPS) is 20.1. The van der Waals surface area contributed by atoms with E-state index in [1.807, 2.05) is 25.2 Å². The highest BCUT2D eigenvalue weighted by Crippen LogP contribution is 2.49. The lowest BCUT2D eigenvalue weighted by Gasteiger charge is -2.43. The van der Waals surface area contributed by atoms with Crippen LogP contribution in [0, 0.1) is 0 Å². The minimum Gasteiger partial charge on any atom is -0.616 e. The molecule has 41 heavy (non-hydrogen) atoms. The van der Waals surface area contributed by atoms with Crippen molar-refractivity contribution in [3.63, 3.8) is 0 Å². The number of nitrogens with zero attached hydrogens (tertiary/aromatic N) is 1. The van der Waals surface area contributed by atoms with Crippen molar-refractivity contribution >= 4 is 11.2 Å². The Morgan fingerprint density at radius 1 is 0.927 bits per heavy atom. The molecule has 0 spiro atoms. The highest BCUT2D eigenvalue weighted by atomic mass is 32.2. The van der Waals surface area contributed by atoms with Crippen LogP contribution in [0.15, 0.2) is 42.5 Å². The van der Waals surface area contributed by atoms with E-state index in [1.165, 1.54) is 0 Å². The van der Waals surface area contributed by atoms with Crippen LogP contribution < -0.4 is 4.74 Å². The van der Waals surface area contributed by atoms with Crippen LogP contribution in [0.4, 0.5) is 22.0 Å². The average Bonchev–Trinajstić information content (AvgIpc) is 2.89. The Balaban J connectivity index is 1.42. The molecule has 1 aliphatic rings. The predicted molar refractivity (Wildman–Crippen MR) is 150 cm³/mol. The van der Waals surface area contributed by atoms with Crippen molar-refractivity contribution in [2.75, 3.05) is 38.2 Å². The molecule has 0 fully saturated rings. The largest absolute Gasteiger partial charge is 0.616 e. The molecule has 5 nitrogen and oxygen atoms in total. The molecule has 1 aliphatic heterocycles. The zero-order valence-corrected chi connectivity index (χ0v) is 24.4. The maximum atomic E-state index is 13.0. The summed E-state index contributed by atoms with van der Waals surface area (Å²) in [6.45, 7) is 4.24. The van der Waals surface area contributed by atoms with Crippen molar-refractivity contribution in [3.05, 3.63) is 53.6 Å². The number of hydrogen-bond acceptors (Lipinski definition) is 5. The van der Waals surface area contributed by atoms with Gasteiger partial charge in [-0.3, -0.25) is 0 Å². The molecule has 0 radical (unpaired) electrons. The summed E-state index contributed by atoms with van der Waals surface area (Å²) in [5, 5.41) is 19.7. The number of alkyl halides is 5. The molecular formula is C30H40F5NO4S. The molecule has 3 rings (SSSR count). The number of fused-ring (bicyclic) bond motifs is 1. The highest BCUT2D eigenvalue weighted by molar-refractivity contribution is 7.91. The number of rotatable bonds is 15. The third-order valence-corrected chi connectivity index (χ3v) is 9.41. The molecule has 0 saturated heterocycles. The van der Waals surface area contributed by atoms with Gasteiger partial charge in [-0.15, -0.1) is 0 Å². The van der Waals surface area contributed by atoms with Gasteiger partial charge in [0.2, 0.25) is 0 Å². The molecule has 2 aromatic carbocycles. The molecular weight excluding hydrogens is 565 g/mol. The SMILES string of the molecule is CN(CCCCC1c2ccc(O)cc2OCC1(C)c1ccc(O)cc1)CCCC[S+]([O-])CCCC(F)(F)C(F)(F)F. The van der Waals surface area contributed by atoms with Crippen molar-refractivity contribution in [1.29, 1.82) is 0 Å². The van der Waals surface area contributed by atoms with Crippen LogP contribution in [0.2, 0.25) is 0 Å². The minimum atomic E-state index is -5.56. The first-order valence-corrected chi connectivity index (χ1v) is 15.4. The fraction of sp³-hybridized carbons (Fsp3) is 0.600. The van der Waals surface area contributed by atoms with Gasteiger partial charge in [0.05, 0.1) is 6.61 Å². The van der Waals surface area contributed by atoms with E-state index in [2.05, 4.69) is 11.8 Å². The summed E-state index contributed by atoms with van der Waals surface area (Å²) < 4.78 is 80.7. The fourth-order valence-corrected chi connectivity index (χ4v) is 6.59. The van der Waals surface area contributed by atoms with Gasteiger partial charge in [0.15, 0.2) is 0 Å². The van der Waals surface area contributed by atoms with Crippen LogP contribution in [0.3, 0.4) is 0 Å². The van der Waals surface area contributed by atoms with Crippen LogP contribution >= 0.6 is 0 Å². The van der Waals surface area contributed by atoms with Gasteiger partial charge < -0.3 is 24.4 Å². The molecule has 0 saturated carbocycles. The molecule has 2 aromatic rings. The number of benzene rings is 2. The van der Waals surface area contributed by atoms with Crippen LogP contribution in [-0.4, -0.2) is 70.0 Å². The van der Waals surface area contributed by atoms with Gasteiger partial charge in [0.1, 0.15) is 28.8 Å². The first-order valence-electron chi connectivity index (χ1n) is 14.0. The highest BCUT2D eigenvalue weighted by Gasteiger charge is 2.56. The number of phenols is 2. The third-order valence-electron chi connectivity index (χ3n) is 7.92. The zero-order chi connectivity index (χ0) is 30.3. The predicted octanol–water partition coefficient (Wildman–Crippen LogP) is 7.14. The van der Waals surface area contributed by atoms with Gasteiger partial charge >= 0.3 is 12.1 Å². The topological polar surface area (TPSA) is 76.0 Å². The number of hydrogen-bond donors (Lipinski definition) is 2. The van der Waals surface area contributed by atoms with E-state index in [4.69, 9.17) is 4.74 Å². The van der Waals surface area contributed by atoms with Crippen molar-refractivity contribution in [1.82, 2.24) is 4.90 Å². The van der Waals surface area contributed by atoms with Crippen molar-refractivity contribution in [2.45, 2.75) is 75.3 Å². The average molecular weight is 606 g/mol. The first-order chi connectivity index (χ1) is 19.2. The molecule has 1 heterocycles. The van der Waals surface area contributed by atoms with Gasteiger partial charge in [0, 0.05) is 23.8 Å². The van der Waals surface area contributed by atoms with Crippen molar-refractivity contribution in [3.8, 4) is 17.2 Å². The molecule has 0 aromatic heterocycles. The summed E-state index contributed by atoms with van der Waals surface area (Å²) in [6, 6.07) is 12.5. The second-order valence-electron chi connectivity index (χ2n) is 11.2. The lowest BCUT2D eigenvalue weighted by molar-refractivity contribution is -0.284. The van der Waals surface area contributed by atoms with Crippen LogP contribution in [-0.2, 0) is 16.6 Å². The number of ether oxygens (including phenoxy) is 1. The second kappa shape index (κ2) is 14.3. The zero-order valence-electron chi connectivity index (χ0n) is 23.6. The Hall–Kier alpha value is -2.24. The lowest BCUT2D eigenvalue weighted by atomic mass is 9.66.